The predicted molar refractivity (Wildman–Crippen MR) is 81.0 cm³/mol. The van der Waals surface area contributed by atoms with Crippen molar-refractivity contribution in [1.29, 1.82) is 0 Å². The first-order chi connectivity index (χ1) is 9.86. The normalized spacial score (nSPS) is 10.9. The van der Waals surface area contributed by atoms with Gasteiger partial charge in [0.1, 0.15) is 0 Å². The Morgan fingerprint density at radius 3 is 2.52 bits per heavy atom. The van der Waals surface area contributed by atoms with Crippen molar-refractivity contribution in [3.8, 4) is 0 Å². The second-order valence-electron chi connectivity index (χ2n) is 4.77. The van der Waals surface area contributed by atoms with Crippen molar-refractivity contribution in [3.05, 3.63) is 27.1 Å². The summed E-state index contributed by atoms with van der Waals surface area (Å²) in [7, 11) is 0. The Bertz CT molecular complexity index is 747. The van der Waals surface area contributed by atoms with Crippen LogP contribution in [0.2, 0.25) is 0 Å². The molecule has 0 aliphatic heterocycles. The molecule has 0 saturated carbocycles. The summed E-state index contributed by atoms with van der Waals surface area (Å²) in [6.07, 6.45) is 0. The fraction of sp³-hybridized carbons (Fsp3) is 0.308. The van der Waals surface area contributed by atoms with Gasteiger partial charge in [0.05, 0.1) is 22.6 Å². The van der Waals surface area contributed by atoms with Gasteiger partial charge in [0.2, 0.25) is 0 Å². The first-order valence-electron chi connectivity index (χ1n) is 6.25. The van der Waals surface area contributed by atoms with Crippen molar-refractivity contribution in [2.45, 2.75) is 13.8 Å². The number of hydrogen-bond donors (Lipinski definition) is 3. The Morgan fingerprint density at radius 1 is 1.29 bits per heavy atom. The summed E-state index contributed by atoms with van der Waals surface area (Å²) in [6, 6.07) is 3.28. The second-order valence-corrected chi connectivity index (χ2v) is 5.62. The topological polar surface area (TPSA) is 104 Å². The molecule has 0 bridgehead atoms. The molecule has 1 amide bonds. The zero-order chi connectivity index (χ0) is 15.6. The number of aromatic amines is 2. The quantitative estimate of drug-likeness (QED) is 0.726. The average Bonchev–Trinajstić information content (AvgIpc) is 2.75. The van der Waals surface area contributed by atoms with E-state index >= 15 is 0 Å². The number of esters is 1. The number of aromatic nitrogens is 2. The molecule has 8 heteroatoms. The van der Waals surface area contributed by atoms with Crippen LogP contribution >= 0.6 is 15.9 Å². The van der Waals surface area contributed by atoms with Gasteiger partial charge in [-0.3, -0.25) is 9.59 Å². The molecule has 1 aromatic carbocycles. The van der Waals surface area contributed by atoms with Gasteiger partial charge in [-0.1, -0.05) is 13.8 Å². The number of carbonyl (C=O) groups is 2. The summed E-state index contributed by atoms with van der Waals surface area (Å²) in [6.45, 7) is 3.02. The van der Waals surface area contributed by atoms with Crippen molar-refractivity contribution in [1.82, 2.24) is 9.97 Å². The number of amides is 1. The molecular formula is C13H14BrN3O4. The van der Waals surface area contributed by atoms with Crippen molar-refractivity contribution in [3.63, 3.8) is 0 Å². The fourth-order valence-corrected chi connectivity index (χ4v) is 2.08. The number of ether oxygens (including phenoxy) is 1. The largest absolute Gasteiger partial charge is 0.455 e. The van der Waals surface area contributed by atoms with E-state index in [1.807, 2.05) is 0 Å². The van der Waals surface area contributed by atoms with Crippen LogP contribution in [-0.2, 0) is 14.3 Å². The lowest BCUT2D eigenvalue weighted by Crippen LogP contribution is -2.23. The molecule has 0 fully saturated rings. The van der Waals surface area contributed by atoms with Crippen molar-refractivity contribution < 1.29 is 14.3 Å². The number of rotatable bonds is 4. The van der Waals surface area contributed by atoms with Crippen LogP contribution < -0.4 is 11.0 Å². The van der Waals surface area contributed by atoms with Crippen LogP contribution in [0.4, 0.5) is 5.69 Å². The van der Waals surface area contributed by atoms with Crippen LogP contribution in [0.25, 0.3) is 11.0 Å². The third-order valence-corrected chi connectivity index (χ3v) is 3.35. The molecule has 0 saturated heterocycles. The van der Waals surface area contributed by atoms with E-state index in [1.54, 1.807) is 26.0 Å². The second kappa shape index (κ2) is 6.13. The standard InChI is InChI=1S/C13H14BrN3O4/c1-6(2)12(19)21-5-11(18)15-8-4-10-9(3-7(8)14)16-13(20)17-10/h3-4,6H,5H2,1-2H3,(H,15,18)(H2,16,17,20). The average molecular weight is 356 g/mol. The summed E-state index contributed by atoms with van der Waals surface area (Å²) >= 11 is 3.30. The number of imidazole rings is 1. The van der Waals surface area contributed by atoms with Crippen LogP contribution in [-0.4, -0.2) is 28.5 Å². The molecule has 1 heterocycles. The predicted octanol–water partition coefficient (Wildman–Crippen LogP) is 1.76. The molecule has 7 nitrogen and oxygen atoms in total. The van der Waals surface area contributed by atoms with Crippen molar-refractivity contribution in [2.24, 2.45) is 5.92 Å². The van der Waals surface area contributed by atoms with Gasteiger partial charge in [-0.15, -0.1) is 0 Å². The minimum absolute atomic E-state index is 0.286. The lowest BCUT2D eigenvalue weighted by molar-refractivity contribution is -0.150. The number of halogens is 1. The summed E-state index contributed by atoms with van der Waals surface area (Å²) in [4.78, 5) is 39.4. The molecule has 3 N–H and O–H groups in total. The smallest absolute Gasteiger partial charge is 0.323 e. The van der Waals surface area contributed by atoms with Crippen LogP contribution in [0.15, 0.2) is 21.4 Å². The Labute approximate surface area is 128 Å². The maximum Gasteiger partial charge on any atom is 0.323 e. The Morgan fingerprint density at radius 2 is 1.90 bits per heavy atom. The minimum atomic E-state index is -0.457. The fourth-order valence-electron chi connectivity index (χ4n) is 1.64. The molecule has 0 aliphatic carbocycles. The first-order valence-corrected chi connectivity index (χ1v) is 7.04. The maximum absolute atomic E-state index is 11.7. The number of hydrogen-bond acceptors (Lipinski definition) is 4. The number of anilines is 1. The first kappa shape index (κ1) is 15.3. The van der Waals surface area contributed by atoms with Crippen LogP contribution in [0.3, 0.4) is 0 Å². The number of fused-ring (bicyclic) bond motifs is 1. The van der Waals surface area contributed by atoms with Crippen LogP contribution in [0.5, 0.6) is 0 Å². The van der Waals surface area contributed by atoms with Gasteiger partial charge in [-0.25, -0.2) is 4.79 Å². The van der Waals surface area contributed by atoms with Crippen LogP contribution in [0, 0.1) is 5.92 Å². The molecule has 2 rings (SSSR count). The van der Waals surface area contributed by atoms with E-state index in [0.29, 0.717) is 21.2 Å². The van der Waals surface area contributed by atoms with Crippen molar-refractivity contribution in [2.75, 3.05) is 11.9 Å². The number of carbonyl (C=O) groups excluding carboxylic acids is 2. The van der Waals surface area contributed by atoms with E-state index in [2.05, 4.69) is 31.2 Å². The van der Waals surface area contributed by atoms with Gasteiger partial charge in [-0.05, 0) is 28.1 Å². The summed E-state index contributed by atoms with van der Waals surface area (Å²) in [5.41, 5.74) is 1.34. The van der Waals surface area contributed by atoms with Gasteiger partial charge < -0.3 is 20.0 Å². The molecule has 0 atom stereocenters. The lowest BCUT2D eigenvalue weighted by Gasteiger charge is -2.09. The van der Waals surface area contributed by atoms with E-state index in [9.17, 15) is 14.4 Å². The monoisotopic (exact) mass is 355 g/mol. The molecule has 0 radical (unpaired) electrons. The van der Waals surface area contributed by atoms with Gasteiger partial charge in [0.15, 0.2) is 6.61 Å². The van der Waals surface area contributed by atoms with Crippen molar-refractivity contribution >= 4 is 44.5 Å². The van der Waals surface area contributed by atoms with Crippen LogP contribution in [0.1, 0.15) is 13.8 Å². The highest BCUT2D eigenvalue weighted by atomic mass is 79.9. The molecule has 0 aliphatic rings. The summed E-state index contributed by atoms with van der Waals surface area (Å²) < 4.78 is 5.44. The highest BCUT2D eigenvalue weighted by molar-refractivity contribution is 9.10. The van der Waals surface area contributed by atoms with E-state index in [0.717, 1.165) is 0 Å². The lowest BCUT2D eigenvalue weighted by atomic mass is 10.2. The number of nitrogens with one attached hydrogen (secondary N) is 3. The molecule has 0 spiro atoms. The Hall–Kier alpha value is -2.09. The van der Waals surface area contributed by atoms with Gasteiger partial charge in [0.25, 0.3) is 5.91 Å². The zero-order valence-corrected chi connectivity index (χ0v) is 13.0. The molecule has 21 heavy (non-hydrogen) atoms. The number of H-pyrrole nitrogens is 2. The zero-order valence-electron chi connectivity index (χ0n) is 11.5. The summed E-state index contributed by atoms with van der Waals surface area (Å²) in [5, 5.41) is 2.61. The third-order valence-electron chi connectivity index (χ3n) is 2.69. The highest BCUT2D eigenvalue weighted by Gasteiger charge is 2.13. The molecule has 1 aromatic heterocycles. The van der Waals surface area contributed by atoms with Gasteiger partial charge in [-0.2, -0.15) is 0 Å². The van der Waals surface area contributed by atoms with E-state index in [1.165, 1.54) is 0 Å². The molecule has 0 unspecified atom stereocenters. The molecule has 2 aromatic rings. The Balaban J connectivity index is 2.08. The third kappa shape index (κ3) is 3.72. The van der Waals surface area contributed by atoms with E-state index in [4.69, 9.17) is 4.74 Å². The van der Waals surface area contributed by atoms with Gasteiger partial charge in [0, 0.05) is 4.47 Å². The summed E-state index contributed by atoms with van der Waals surface area (Å²) in [5.74, 6) is -1.18. The maximum atomic E-state index is 11.7. The Kier molecular flexibility index (Phi) is 4.46. The van der Waals surface area contributed by atoms with E-state index < -0.39 is 11.9 Å². The molecular weight excluding hydrogens is 342 g/mol. The van der Waals surface area contributed by atoms with Gasteiger partial charge >= 0.3 is 11.7 Å². The van der Waals surface area contributed by atoms with E-state index in [-0.39, 0.29) is 18.2 Å². The minimum Gasteiger partial charge on any atom is -0.455 e. The number of benzene rings is 1. The SMILES string of the molecule is CC(C)C(=O)OCC(=O)Nc1cc2[nH]c(=O)[nH]c2cc1Br. The highest BCUT2D eigenvalue weighted by Crippen LogP contribution is 2.26. The molecule has 112 valence electrons.